The van der Waals surface area contributed by atoms with Gasteiger partial charge in [-0.2, -0.15) is 0 Å². The van der Waals surface area contributed by atoms with E-state index in [0.29, 0.717) is 16.4 Å². The van der Waals surface area contributed by atoms with E-state index in [4.69, 9.17) is 11.6 Å². The number of halogens is 2. The zero-order valence-corrected chi connectivity index (χ0v) is 14.5. The second kappa shape index (κ2) is 6.69. The van der Waals surface area contributed by atoms with Crippen molar-refractivity contribution in [3.05, 3.63) is 74.8 Å². The second-order valence-corrected chi connectivity index (χ2v) is 6.24. The molecule has 6 heteroatoms. The highest BCUT2D eigenvalue weighted by Crippen LogP contribution is 2.23. The molecule has 4 nitrogen and oxygen atoms in total. The number of rotatable bonds is 3. The fourth-order valence-corrected chi connectivity index (χ4v) is 2.96. The van der Waals surface area contributed by atoms with Gasteiger partial charge < -0.3 is 9.88 Å². The van der Waals surface area contributed by atoms with Crippen LogP contribution in [0.1, 0.15) is 11.3 Å². The molecule has 1 amide bonds. The normalized spacial score (nSPS) is 10.9. The largest absolute Gasteiger partial charge is 0.333 e. The molecule has 0 unspecified atom stereocenters. The number of carbonyl (C=O) groups is 1. The zero-order chi connectivity index (χ0) is 18.1. The predicted octanol–water partition coefficient (Wildman–Crippen LogP) is 4.05. The molecule has 2 aromatic carbocycles. The molecule has 0 atom stereocenters. The molecule has 1 N–H and O–H groups in total. The van der Waals surface area contributed by atoms with Crippen LogP contribution in [0.4, 0.5) is 10.1 Å². The van der Waals surface area contributed by atoms with E-state index in [1.54, 1.807) is 38.1 Å². The Hall–Kier alpha value is -2.66. The molecule has 0 spiro atoms. The highest BCUT2D eigenvalue weighted by atomic mass is 35.5. The maximum Gasteiger partial charge on any atom is 0.244 e. The van der Waals surface area contributed by atoms with E-state index in [0.717, 1.165) is 5.56 Å². The van der Waals surface area contributed by atoms with Crippen LogP contribution in [-0.4, -0.2) is 10.5 Å². The molecule has 0 aliphatic heterocycles. The molecule has 0 bridgehead atoms. The van der Waals surface area contributed by atoms with Crippen LogP contribution in [0.3, 0.4) is 0 Å². The van der Waals surface area contributed by atoms with Gasteiger partial charge in [-0.05, 0) is 43.7 Å². The molecule has 1 heterocycles. The van der Waals surface area contributed by atoms with E-state index in [2.05, 4.69) is 5.32 Å². The number of carbonyl (C=O) groups excluding carboxylic acids is 1. The summed E-state index contributed by atoms with van der Waals surface area (Å²) in [7, 11) is 0. The van der Waals surface area contributed by atoms with Crippen molar-refractivity contribution < 1.29 is 9.18 Å². The summed E-state index contributed by atoms with van der Waals surface area (Å²) in [5.41, 5.74) is 1.73. The monoisotopic (exact) mass is 358 g/mol. The molecule has 0 aliphatic carbocycles. The van der Waals surface area contributed by atoms with Crippen molar-refractivity contribution >= 4 is 34.1 Å². The Labute approximate surface area is 148 Å². The SMILES string of the molecule is Cc1c(Cl)cccc1NC(=O)Cn1c(C)cc(=O)c2cccc(F)c21. The first kappa shape index (κ1) is 17.2. The van der Waals surface area contributed by atoms with E-state index in [1.165, 1.54) is 22.8 Å². The molecule has 3 aromatic rings. The smallest absolute Gasteiger partial charge is 0.244 e. The van der Waals surface area contributed by atoms with Crippen molar-refractivity contribution in [2.24, 2.45) is 0 Å². The molecule has 0 saturated heterocycles. The minimum Gasteiger partial charge on any atom is -0.333 e. The first-order chi connectivity index (χ1) is 11.9. The Bertz CT molecular complexity index is 1040. The van der Waals surface area contributed by atoms with Gasteiger partial charge >= 0.3 is 0 Å². The number of pyridine rings is 1. The average molecular weight is 359 g/mol. The Morgan fingerprint density at radius 1 is 1.20 bits per heavy atom. The van der Waals surface area contributed by atoms with Gasteiger partial charge in [-0.25, -0.2) is 4.39 Å². The molecule has 128 valence electrons. The zero-order valence-electron chi connectivity index (χ0n) is 13.8. The van der Waals surface area contributed by atoms with Crippen LogP contribution < -0.4 is 10.7 Å². The molecule has 0 aliphatic rings. The van der Waals surface area contributed by atoms with Crippen LogP contribution in [-0.2, 0) is 11.3 Å². The summed E-state index contributed by atoms with van der Waals surface area (Å²) in [6.07, 6.45) is 0. The number of amides is 1. The number of anilines is 1. The van der Waals surface area contributed by atoms with Gasteiger partial charge in [-0.3, -0.25) is 9.59 Å². The molecule has 0 fully saturated rings. The predicted molar refractivity (Wildman–Crippen MR) is 97.7 cm³/mol. The second-order valence-electron chi connectivity index (χ2n) is 5.83. The molecular formula is C19H16ClFN2O2. The topological polar surface area (TPSA) is 51.1 Å². The highest BCUT2D eigenvalue weighted by molar-refractivity contribution is 6.31. The van der Waals surface area contributed by atoms with Crippen molar-refractivity contribution in [3.63, 3.8) is 0 Å². The van der Waals surface area contributed by atoms with Crippen molar-refractivity contribution in [3.8, 4) is 0 Å². The average Bonchev–Trinajstić information content (AvgIpc) is 2.56. The van der Waals surface area contributed by atoms with E-state index < -0.39 is 5.82 Å². The van der Waals surface area contributed by atoms with Crippen LogP contribution in [0.15, 0.2) is 47.3 Å². The van der Waals surface area contributed by atoms with Crippen LogP contribution in [0, 0.1) is 19.7 Å². The van der Waals surface area contributed by atoms with Gasteiger partial charge in [0.15, 0.2) is 5.43 Å². The quantitative estimate of drug-likeness (QED) is 0.768. The summed E-state index contributed by atoms with van der Waals surface area (Å²) >= 11 is 6.06. The minimum absolute atomic E-state index is 0.116. The molecule has 0 saturated carbocycles. The maximum atomic E-state index is 14.3. The summed E-state index contributed by atoms with van der Waals surface area (Å²) in [5, 5.41) is 3.58. The summed E-state index contributed by atoms with van der Waals surface area (Å²) in [6.45, 7) is 3.36. The Morgan fingerprint density at radius 2 is 1.92 bits per heavy atom. The summed E-state index contributed by atoms with van der Waals surface area (Å²) in [5.74, 6) is -0.869. The van der Waals surface area contributed by atoms with E-state index in [-0.39, 0.29) is 28.8 Å². The highest BCUT2D eigenvalue weighted by Gasteiger charge is 2.14. The number of aromatic nitrogens is 1. The fourth-order valence-electron chi connectivity index (χ4n) is 2.79. The lowest BCUT2D eigenvalue weighted by Crippen LogP contribution is -2.23. The number of benzene rings is 2. The third-order valence-electron chi connectivity index (χ3n) is 4.13. The van der Waals surface area contributed by atoms with Crippen molar-refractivity contribution in [2.75, 3.05) is 5.32 Å². The molecule has 25 heavy (non-hydrogen) atoms. The lowest BCUT2D eigenvalue weighted by atomic mass is 10.1. The summed E-state index contributed by atoms with van der Waals surface area (Å²) in [4.78, 5) is 24.5. The van der Waals surface area contributed by atoms with Gasteiger partial charge in [0, 0.05) is 27.9 Å². The molecule has 0 radical (unpaired) electrons. The number of hydrogen-bond acceptors (Lipinski definition) is 2. The number of aryl methyl sites for hydroxylation is 1. The number of fused-ring (bicyclic) bond motifs is 1. The lowest BCUT2D eigenvalue weighted by molar-refractivity contribution is -0.116. The Balaban J connectivity index is 1.99. The first-order valence-corrected chi connectivity index (χ1v) is 8.10. The van der Waals surface area contributed by atoms with Gasteiger partial charge in [-0.15, -0.1) is 0 Å². The van der Waals surface area contributed by atoms with Gasteiger partial charge in [-0.1, -0.05) is 23.7 Å². The standard InChI is InChI=1S/C19H16ClFN2O2/c1-11-9-17(24)13-5-3-7-15(21)19(13)23(11)10-18(25)22-16-8-4-6-14(20)12(16)2/h3-9H,10H2,1-2H3,(H,22,25). The van der Waals surface area contributed by atoms with Gasteiger partial charge in [0.2, 0.25) is 5.91 Å². The van der Waals surface area contributed by atoms with Crippen molar-refractivity contribution in [1.82, 2.24) is 4.57 Å². The fraction of sp³-hybridized carbons (Fsp3) is 0.158. The number of hydrogen-bond donors (Lipinski definition) is 1. The number of nitrogens with one attached hydrogen (secondary N) is 1. The maximum absolute atomic E-state index is 14.3. The number of nitrogens with zero attached hydrogens (tertiary/aromatic N) is 1. The lowest BCUT2D eigenvalue weighted by Gasteiger charge is -2.16. The minimum atomic E-state index is -0.537. The van der Waals surface area contributed by atoms with Crippen molar-refractivity contribution in [1.29, 1.82) is 0 Å². The van der Waals surface area contributed by atoms with E-state index in [1.807, 2.05) is 0 Å². The van der Waals surface area contributed by atoms with Gasteiger partial charge in [0.25, 0.3) is 0 Å². The molecule has 3 rings (SSSR count). The Kier molecular flexibility index (Phi) is 4.59. The summed E-state index contributed by atoms with van der Waals surface area (Å²) < 4.78 is 15.8. The van der Waals surface area contributed by atoms with E-state index in [9.17, 15) is 14.0 Å². The van der Waals surface area contributed by atoms with Crippen molar-refractivity contribution in [2.45, 2.75) is 20.4 Å². The number of para-hydroxylation sites is 1. The van der Waals surface area contributed by atoms with Crippen LogP contribution >= 0.6 is 11.6 Å². The van der Waals surface area contributed by atoms with Crippen LogP contribution in [0.25, 0.3) is 10.9 Å². The van der Waals surface area contributed by atoms with Gasteiger partial charge in [0.1, 0.15) is 12.4 Å². The third-order valence-corrected chi connectivity index (χ3v) is 4.54. The van der Waals surface area contributed by atoms with E-state index >= 15 is 0 Å². The van der Waals surface area contributed by atoms with Crippen LogP contribution in [0.5, 0.6) is 0 Å². The third kappa shape index (κ3) is 3.28. The molecule has 1 aromatic heterocycles. The molecular weight excluding hydrogens is 343 g/mol. The van der Waals surface area contributed by atoms with Crippen LogP contribution in [0.2, 0.25) is 5.02 Å². The first-order valence-electron chi connectivity index (χ1n) is 7.72. The summed E-state index contributed by atoms with van der Waals surface area (Å²) in [6, 6.07) is 10.9. The van der Waals surface area contributed by atoms with Gasteiger partial charge in [0.05, 0.1) is 5.52 Å². The Morgan fingerprint density at radius 3 is 2.68 bits per heavy atom.